The van der Waals surface area contributed by atoms with Gasteiger partial charge in [0.05, 0.1) is 25.3 Å². The van der Waals surface area contributed by atoms with Crippen molar-refractivity contribution in [3.8, 4) is 0 Å². The number of nitrogens with zero attached hydrogens (tertiary/aromatic N) is 1. The van der Waals surface area contributed by atoms with Crippen molar-refractivity contribution in [3.63, 3.8) is 0 Å². The number of ether oxygens (including phenoxy) is 1. The minimum atomic E-state index is -0.382. The highest BCUT2D eigenvalue weighted by Crippen LogP contribution is 2.34. The van der Waals surface area contributed by atoms with Crippen LogP contribution in [-0.2, 0) is 14.3 Å². The van der Waals surface area contributed by atoms with E-state index in [2.05, 4.69) is 0 Å². The largest absolute Gasteiger partial charge is 0.467 e. The highest BCUT2D eigenvalue weighted by Gasteiger charge is 2.40. The average molecular weight is 223 g/mol. The fraction of sp³-hybridized carbons (Fsp3) is 0.455. The summed E-state index contributed by atoms with van der Waals surface area (Å²) in [5, 5.41) is 0. The van der Waals surface area contributed by atoms with Crippen LogP contribution in [-0.4, -0.2) is 29.9 Å². The Balaban J connectivity index is 1.97. The molecule has 0 saturated carbocycles. The Morgan fingerprint density at radius 1 is 1.69 bits per heavy atom. The summed E-state index contributed by atoms with van der Waals surface area (Å²) in [5.41, 5.74) is 0. The van der Waals surface area contributed by atoms with Gasteiger partial charge in [-0.25, -0.2) is 0 Å². The van der Waals surface area contributed by atoms with Gasteiger partial charge in [0.25, 0.3) is 0 Å². The summed E-state index contributed by atoms with van der Waals surface area (Å²) < 4.78 is 10.0. The second-order valence-electron chi connectivity index (χ2n) is 3.56. The van der Waals surface area contributed by atoms with Crippen molar-refractivity contribution in [2.45, 2.75) is 19.4 Å². The summed E-state index contributed by atoms with van der Waals surface area (Å²) in [6, 6.07) is 3.45. The maximum Gasteiger partial charge on any atom is 0.325 e. The molecule has 1 fully saturated rings. The van der Waals surface area contributed by atoms with E-state index < -0.39 is 0 Å². The molecule has 0 bridgehead atoms. The Morgan fingerprint density at radius 3 is 3.06 bits per heavy atom. The first-order chi connectivity index (χ1) is 7.72. The topological polar surface area (TPSA) is 59.8 Å². The zero-order valence-electron chi connectivity index (χ0n) is 9.01. The molecule has 86 valence electrons. The molecule has 0 aromatic carbocycles. The van der Waals surface area contributed by atoms with E-state index in [-0.39, 0.29) is 24.5 Å². The lowest BCUT2D eigenvalue weighted by Crippen LogP contribution is -2.48. The molecule has 1 atom stereocenters. The maximum absolute atomic E-state index is 11.4. The Morgan fingerprint density at radius 2 is 2.50 bits per heavy atom. The second-order valence-corrected chi connectivity index (χ2v) is 3.56. The van der Waals surface area contributed by atoms with Crippen LogP contribution in [0.3, 0.4) is 0 Å². The number of β-lactam (4-membered cyclic amide) rings is 1. The van der Waals surface area contributed by atoms with E-state index in [1.807, 2.05) is 0 Å². The molecule has 1 amide bonds. The van der Waals surface area contributed by atoms with Crippen LogP contribution >= 0.6 is 0 Å². The molecule has 16 heavy (non-hydrogen) atoms. The van der Waals surface area contributed by atoms with Crippen LogP contribution in [0.25, 0.3) is 0 Å². The van der Waals surface area contributed by atoms with Crippen LogP contribution in [0.1, 0.15) is 25.1 Å². The van der Waals surface area contributed by atoms with Gasteiger partial charge in [-0.1, -0.05) is 0 Å². The van der Waals surface area contributed by atoms with Crippen LogP contribution < -0.4 is 0 Å². The van der Waals surface area contributed by atoms with Gasteiger partial charge in [-0.05, 0) is 19.1 Å². The molecular weight excluding hydrogens is 210 g/mol. The number of hydrogen-bond donors (Lipinski definition) is 0. The number of carbonyl (C=O) groups excluding carboxylic acids is 2. The van der Waals surface area contributed by atoms with E-state index in [1.165, 1.54) is 4.90 Å². The zero-order chi connectivity index (χ0) is 11.5. The fourth-order valence-electron chi connectivity index (χ4n) is 1.73. The smallest absolute Gasteiger partial charge is 0.325 e. The van der Waals surface area contributed by atoms with E-state index in [4.69, 9.17) is 9.15 Å². The highest BCUT2D eigenvalue weighted by atomic mass is 16.5. The van der Waals surface area contributed by atoms with E-state index in [1.54, 1.807) is 25.3 Å². The predicted octanol–water partition coefficient (Wildman–Crippen LogP) is 1.12. The SMILES string of the molecule is CCOC(=O)CN1C(=O)CC1c1ccco1. The molecule has 5 nitrogen and oxygen atoms in total. The van der Waals surface area contributed by atoms with E-state index >= 15 is 0 Å². The maximum atomic E-state index is 11.4. The van der Waals surface area contributed by atoms with Gasteiger partial charge in [-0.15, -0.1) is 0 Å². The van der Waals surface area contributed by atoms with Crippen molar-refractivity contribution in [3.05, 3.63) is 24.2 Å². The number of likely N-dealkylation sites (tertiary alicyclic amines) is 1. The number of amides is 1. The van der Waals surface area contributed by atoms with Crippen LogP contribution in [0.2, 0.25) is 0 Å². The molecule has 0 radical (unpaired) electrons. The summed E-state index contributed by atoms with van der Waals surface area (Å²) in [4.78, 5) is 24.1. The van der Waals surface area contributed by atoms with Gasteiger partial charge in [-0.2, -0.15) is 0 Å². The number of esters is 1. The van der Waals surface area contributed by atoms with Crippen molar-refractivity contribution in [1.29, 1.82) is 0 Å². The molecule has 1 aliphatic rings. The summed E-state index contributed by atoms with van der Waals surface area (Å²) in [6.45, 7) is 2.06. The summed E-state index contributed by atoms with van der Waals surface area (Å²) in [6.07, 6.45) is 1.95. The third-order valence-electron chi connectivity index (χ3n) is 2.54. The summed E-state index contributed by atoms with van der Waals surface area (Å²) >= 11 is 0. The first-order valence-corrected chi connectivity index (χ1v) is 5.21. The third-order valence-corrected chi connectivity index (χ3v) is 2.54. The van der Waals surface area contributed by atoms with E-state index in [0.29, 0.717) is 18.8 Å². The quantitative estimate of drug-likeness (QED) is 0.566. The van der Waals surface area contributed by atoms with Gasteiger partial charge in [0.15, 0.2) is 0 Å². The van der Waals surface area contributed by atoms with Crippen molar-refractivity contribution >= 4 is 11.9 Å². The lowest BCUT2D eigenvalue weighted by atomic mass is 9.99. The summed E-state index contributed by atoms with van der Waals surface area (Å²) in [5.74, 6) is 0.283. The molecule has 1 aromatic rings. The molecule has 5 heteroatoms. The number of furan rings is 1. The van der Waals surface area contributed by atoms with E-state index in [9.17, 15) is 9.59 Å². The fourth-order valence-corrected chi connectivity index (χ4v) is 1.73. The van der Waals surface area contributed by atoms with Crippen LogP contribution in [0.5, 0.6) is 0 Å². The lowest BCUT2D eigenvalue weighted by Gasteiger charge is -2.38. The number of carbonyl (C=O) groups is 2. The normalized spacial score (nSPS) is 19.4. The molecule has 1 aliphatic heterocycles. The second kappa shape index (κ2) is 4.38. The number of hydrogen-bond acceptors (Lipinski definition) is 4. The minimum absolute atomic E-state index is 0.00194. The Labute approximate surface area is 93.0 Å². The molecule has 0 N–H and O–H groups in total. The average Bonchev–Trinajstić information content (AvgIpc) is 2.76. The molecule has 1 aromatic heterocycles. The monoisotopic (exact) mass is 223 g/mol. The van der Waals surface area contributed by atoms with Crippen molar-refractivity contribution in [2.24, 2.45) is 0 Å². The minimum Gasteiger partial charge on any atom is -0.467 e. The zero-order valence-corrected chi connectivity index (χ0v) is 9.01. The van der Waals surface area contributed by atoms with Crippen molar-refractivity contribution in [1.82, 2.24) is 4.90 Å². The van der Waals surface area contributed by atoms with E-state index in [0.717, 1.165) is 0 Å². The van der Waals surface area contributed by atoms with Gasteiger partial charge in [0, 0.05) is 0 Å². The van der Waals surface area contributed by atoms with Crippen molar-refractivity contribution < 1.29 is 18.7 Å². The molecule has 1 saturated heterocycles. The molecular formula is C11H13NO4. The van der Waals surface area contributed by atoms with Gasteiger partial charge in [0.1, 0.15) is 12.3 Å². The lowest BCUT2D eigenvalue weighted by molar-refractivity contribution is -0.158. The van der Waals surface area contributed by atoms with Crippen molar-refractivity contribution in [2.75, 3.05) is 13.2 Å². The van der Waals surface area contributed by atoms with Crippen LogP contribution in [0.4, 0.5) is 0 Å². The van der Waals surface area contributed by atoms with Crippen LogP contribution in [0.15, 0.2) is 22.8 Å². The predicted molar refractivity (Wildman–Crippen MR) is 54.4 cm³/mol. The summed E-state index contributed by atoms with van der Waals surface area (Å²) in [7, 11) is 0. The first kappa shape index (κ1) is 10.7. The van der Waals surface area contributed by atoms with Gasteiger partial charge in [-0.3, -0.25) is 9.59 Å². The standard InChI is InChI=1S/C11H13NO4/c1-2-15-11(14)7-12-8(6-10(12)13)9-4-3-5-16-9/h3-5,8H,2,6-7H2,1H3. The Hall–Kier alpha value is -1.78. The molecule has 0 spiro atoms. The van der Waals surface area contributed by atoms with Crippen LogP contribution in [0, 0.1) is 0 Å². The number of rotatable bonds is 4. The highest BCUT2D eigenvalue weighted by molar-refractivity contribution is 5.87. The molecule has 2 heterocycles. The van der Waals surface area contributed by atoms with Gasteiger partial charge in [0.2, 0.25) is 5.91 Å². The Bertz CT molecular complexity index is 385. The van der Waals surface area contributed by atoms with Gasteiger partial charge >= 0.3 is 5.97 Å². The van der Waals surface area contributed by atoms with Gasteiger partial charge < -0.3 is 14.1 Å². The molecule has 2 rings (SSSR count). The first-order valence-electron chi connectivity index (χ1n) is 5.21. The molecule has 1 unspecified atom stereocenters. The molecule has 0 aliphatic carbocycles. The third kappa shape index (κ3) is 1.93. The Kier molecular flexibility index (Phi) is 2.94.